The van der Waals surface area contributed by atoms with Crippen molar-refractivity contribution in [3.63, 3.8) is 0 Å². The summed E-state index contributed by atoms with van der Waals surface area (Å²) < 4.78 is 5.28. The number of rotatable bonds is 5. The number of carbonyl (C=O) groups excluding carboxylic acids is 2. The highest BCUT2D eigenvalue weighted by molar-refractivity contribution is 6.02. The van der Waals surface area contributed by atoms with Crippen LogP contribution in [0.5, 0.6) is 5.75 Å². The number of benzene rings is 1. The van der Waals surface area contributed by atoms with E-state index in [1.807, 2.05) is 6.92 Å². The number of fused-ring (bicyclic) bond motifs is 2. The van der Waals surface area contributed by atoms with Gasteiger partial charge in [-0.3, -0.25) is 14.4 Å². The standard InChI is InChI=1S/C19H22N2O6/c1-3-6-27-19(26)17-15-12-7-10(23)4-5-11(12)13(16(17)18(24)25)8-14(15)21-20-9(2)22/h4-5,7,13,15-17,23H,3,6,8H2,1-2H3,(H,20,22)(H,24,25). The van der Waals surface area contributed by atoms with Crippen molar-refractivity contribution in [2.45, 2.75) is 38.5 Å². The first-order valence-corrected chi connectivity index (χ1v) is 8.90. The summed E-state index contributed by atoms with van der Waals surface area (Å²) >= 11 is 0. The minimum atomic E-state index is -1.07. The maximum atomic E-state index is 12.7. The van der Waals surface area contributed by atoms with E-state index in [-0.39, 0.29) is 18.3 Å². The molecule has 0 aromatic heterocycles. The zero-order valence-electron chi connectivity index (χ0n) is 15.1. The SMILES string of the molecule is CCCOC(=O)C1C2C(=NNC(C)=O)CC(c3ccc(O)cc32)C1C(=O)O. The number of esters is 1. The van der Waals surface area contributed by atoms with Gasteiger partial charge in [0.15, 0.2) is 0 Å². The van der Waals surface area contributed by atoms with Crippen LogP contribution in [-0.4, -0.2) is 40.4 Å². The number of nitrogens with zero attached hydrogens (tertiary/aromatic N) is 1. The lowest BCUT2D eigenvalue weighted by Gasteiger charge is -2.47. The summed E-state index contributed by atoms with van der Waals surface area (Å²) in [7, 11) is 0. The second kappa shape index (κ2) is 7.38. The molecule has 3 aliphatic rings. The van der Waals surface area contributed by atoms with E-state index in [4.69, 9.17) is 4.74 Å². The Kier molecular flexibility index (Phi) is 5.16. The predicted octanol–water partition coefficient (Wildman–Crippen LogP) is 1.74. The monoisotopic (exact) mass is 374 g/mol. The molecule has 27 heavy (non-hydrogen) atoms. The molecule has 0 radical (unpaired) electrons. The number of hydrogen-bond donors (Lipinski definition) is 3. The van der Waals surface area contributed by atoms with E-state index >= 15 is 0 Å². The van der Waals surface area contributed by atoms with Gasteiger partial charge >= 0.3 is 11.9 Å². The summed E-state index contributed by atoms with van der Waals surface area (Å²) in [5.74, 6) is -5.08. The van der Waals surface area contributed by atoms with Crippen LogP contribution in [0.15, 0.2) is 23.3 Å². The van der Waals surface area contributed by atoms with E-state index in [1.54, 1.807) is 6.07 Å². The number of amides is 1. The molecule has 1 aromatic rings. The fourth-order valence-corrected chi connectivity index (χ4v) is 4.16. The van der Waals surface area contributed by atoms with Gasteiger partial charge in [-0.15, -0.1) is 0 Å². The van der Waals surface area contributed by atoms with E-state index in [0.717, 1.165) is 5.56 Å². The zero-order valence-corrected chi connectivity index (χ0v) is 15.1. The van der Waals surface area contributed by atoms with Crippen molar-refractivity contribution in [2.24, 2.45) is 16.9 Å². The second-order valence-corrected chi connectivity index (χ2v) is 6.93. The number of hydrogen-bond acceptors (Lipinski definition) is 6. The Hall–Kier alpha value is -2.90. The summed E-state index contributed by atoms with van der Waals surface area (Å²) in [4.78, 5) is 36.0. The third kappa shape index (κ3) is 3.39. The highest BCUT2D eigenvalue weighted by atomic mass is 16.5. The fraction of sp³-hybridized carbons (Fsp3) is 0.474. The Morgan fingerprint density at radius 1 is 1.26 bits per heavy atom. The van der Waals surface area contributed by atoms with Gasteiger partial charge in [-0.2, -0.15) is 5.10 Å². The lowest BCUT2D eigenvalue weighted by Crippen LogP contribution is -2.50. The van der Waals surface area contributed by atoms with Crippen molar-refractivity contribution in [1.82, 2.24) is 5.43 Å². The molecule has 4 rings (SSSR count). The lowest BCUT2D eigenvalue weighted by atomic mass is 9.55. The van der Waals surface area contributed by atoms with Crippen LogP contribution in [0.3, 0.4) is 0 Å². The van der Waals surface area contributed by atoms with Crippen molar-refractivity contribution in [2.75, 3.05) is 6.61 Å². The highest BCUT2D eigenvalue weighted by Gasteiger charge is 2.56. The Balaban J connectivity index is 2.13. The van der Waals surface area contributed by atoms with Crippen molar-refractivity contribution in [1.29, 1.82) is 0 Å². The molecule has 144 valence electrons. The summed E-state index contributed by atoms with van der Waals surface area (Å²) in [6, 6.07) is 4.74. The molecule has 1 saturated carbocycles. The molecule has 0 spiro atoms. The third-order valence-corrected chi connectivity index (χ3v) is 5.14. The summed E-state index contributed by atoms with van der Waals surface area (Å²) in [6.07, 6.45) is 0.936. The van der Waals surface area contributed by atoms with Crippen LogP contribution in [-0.2, 0) is 19.1 Å². The van der Waals surface area contributed by atoms with Crippen LogP contribution < -0.4 is 5.43 Å². The van der Waals surface area contributed by atoms with Crippen LogP contribution in [0.2, 0.25) is 0 Å². The van der Waals surface area contributed by atoms with Crippen LogP contribution in [0.1, 0.15) is 49.7 Å². The number of ether oxygens (including phenoxy) is 1. The molecular formula is C19H22N2O6. The Morgan fingerprint density at radius 3 is 2.63 bits per heavy atom. The van der Waals surface area contributed by atoms with Gasteiger partial charge in [0.25, 0.3) is 0 Å². The third-order valence-electron chi connectivity index (χ3n) is 5.14. The molecule has 4 unspecified atom stereocenters. The van der Waals surface area contributed by atoms with Gasteiger partial charge in [0.1, 0.15) is 5.75 Å². The Morgan fingerprint density at radius 2 is 2.00 bits per heavy atom. The molecular weight excluding hydrogens is 352 g/mol. The van der Waals surface area contributed by atoms with Crippen molar-refractivity contribution >= 4 is 23.6 Å². The normalized spacial score (nSPS) is 27.1. The first-order valence-electron chi connectivity index (χ1n) is 8.90. The number of carboxylic acid groups (broad SMARTS) is 1. The number of phenols is 1. The first kappa shape index (κ1) is 18.9. The molecule has 8 nitrogen and oxygen atoms in total. The average molecular weight is 374 g/mol. The number of nitrogens with one attached hydrogen (secondary N) is 1. The molecule has 4 atom stereocenters. The highest BCUT2D eigenvalue weighted by Crippen LogP contribution is 2.55. The van der Waals surface area contributed by atoms with E-state index in [1.165, 1.54) is 19.1 Å². The van der Waals surface area contributed by atoms with Gasteiger partial charge in [0.05, 0.1) is 18.4 Å². The van der Waals surface area contributed by atoms with Gasteiger partial charge < -0.3 is 14.9 Å². The molecule has 1 aromatic carbocycles. The minimum absolute atomic E-state index is 0.0210. The number of aliphatic carboxylic acids is 1. The molecule has 1 fully saturated rings. The van der Waals surface area contributed by atoms with Crippen molar-refractivity contribution in [3.8, 4) is 5.75 Å². The largest absolute Gasteiger partial charge is 0.508 e. The van der Waals surface area contributed by atoms with Crippen LogP contribution in [0, 0.1) is 11.8 Å². The predicted molar refractivity (Wildman–Crippen MR) is 95.3 cm³/mol. The molecule has 8 heteroatoms. The van der Waals surface area contributed by atoms with Crippen LogP contribution >= 0.6 is 0 Å². The van der Waals surface area contributed by atoms with Crippen LogP contribution in [0.25, 0.3) is 0 Å². The maximum absolute atomic E-state index is 12.7. The quantitative estimate of drug-likeness (QED) is 0.532. The Labute approximate surface area is 156 Å². The molecule has 0 aliphatic heterocycles. The zero-order chi connectivity index (χ0) is 19.7. The van der Waals surface area contributed by atoms with E-state index in [0.29, 0.717) is 24.1 Å². The van der Waals surface area contributed by atoms with E-state index in [2.05, 4.69) is 10.5 Å². The summed E-state index contributed by atoms with van der Waals surface area (Å²) in [5.41, 5.74) is 4.34. The van der Waals surface area contributed by atoms with Gasteiger partial charge in [-0.05, 0) is 36.1 Å². The number of hydrazone groups is 1. The van der Waals surface area contributed by atoms with E-state index in [9.17, 15) is 24.6 Å². The van der Waals surface area contributed by atoms with E-state index < -0.39 is 35.6 Å². The van der Waals surface area contributed by atoms with Gasteiger partial charge in [-0.25, -0.2) is 5.43 Å². The Bertz CT molecular complexity index is 818. The van der Waals surface area contributed by atoms with Crippen LogP contribution in [0.4, 0.5) is 0 Å². The summed E-state index contributed by atoms with van der Waals surface area (Å²) in [5, 5.41) is 23.9. The number of carbonyl (C=O) groups is 3. The molecule has 2 bridgehead atoms. The smallest absolute Gasteiger partial charge is 0.310 e. The number of aromatic hydroxyl groups is 1. The first-order chi connectivity index (χ1) is 12.8. The molecule has 0 saturated heterocycles. The van der Waals surface area contributed by atoms with Gasteiger partial charge in [0, 0.05) is 24.5 Å². The second-order valence-electron chi connectivity index (χ2n) is 6.93. The molecule has 1 amide bonds. The van der Waals surface area contributed by atoms with Gasteiger partial charge in [-0.1, -0.05) is 13.0 Å². The average Bonchev–Trinajstić information content (AvgIpc) is 2.63. The topological polar surface area (TPSA) is 125 Å². The van der Waals surface area contributed by atoms with Crippen molar-refractivity contribution < 1.29 is 29.3 Å². The fourth-order valence-electron chi connectivity index (χ4n) is 4.16. The molecule has 3 N–H and O–H groups in total. The lowest BCUT2D eigenvalue weighted by molar-refractivity contribution is -0.160. The summed E-state index contributed by atoms with van der Waals surface area (Å²) in [6.45, 7) is 3.37. The molecule has 0 heterocycles. The maximum Gasteiger partial charge on any atom is 0.310 e. The number of phenolic OH excluding ortho intramolecular Hbond substituents is 1. The number of carboxylic acids is 1. The van der Waals surface area contributed by atoms with Crippen molar-refractivity contribution in [3.05, 3.63) is 29.3 Å². The minimum Gasteiger partial charge on any atom is -0.508 e. The molecule has 3 aliphatic carbocycles. The van der Waals surface area contributed by atoms with Gasteiger partial charge in [0.2, 0.25) is 5.91 Å².